The molecule has 0 N–H and O–H groups in total. The van der Waals surface area contributed by atoms with Crippen molar-refractivity contribution in [2.45, 2.75) is 44.4 Å². The number of pyridine rings is 1. The largest absolute Gasteiger partial charge is 0.477 e. The van der Waals surface area contributed by atoms with Gasteiger partial charge < -0.3 is 19.3 Å². The van der Waals surface area contributed by atoms with Gasteiger partial charge in [0.15, 0.2) is 0 Å². The first-order valence-electron chi connectivity index (χ1n) is 12.0. The summed E-state index contributed by atoms with van der Waals surface area (Å²) >= 11 is 5.68. The van der Waals surface area contributed by atoms with Crippen molar-refractivity contribution in [1.82, 2.24) is 14.8 Å². The van der Waals surface area contributed by atoms with Gasteiger partial charge in [0.2, 0.25) is 5.88 Å². The Kier molecular flexibility index (Phi) is 6.56. The molecule has 1 saturated carbocycles. The standard InChI is InChI=1S/C24H32ClN3O4/c25-24(30)28-13-18-3-7-27(8-4-19(18)14-28)23(29)20-11-21(17-1-2-17)26-22(12-20)32-15-16-5-9-31-10-6-16/h11-12,16-19H,1-10,13-15H2/t18-,19+. The zero-order chi connectivity index (χ0) is 22.1. The van der Waals surface area contributed by atoms with E-state index in [9.17, 15) is 9.59 Å². The number of hydrogen-bond acceptors (Lipinski definition) is 5. The van der Waals surface area contributed by atoms with E-state index in [2.05, 4.69) is 0 Å². The number of amides is 2. The Bertz CT molecular complexity index is 840. The number of fused-ring (bicyclic) bond motifs is 1. The number of rotatable bonds is 5. The summed E-state index contributed by atoms with van der Waals surface area (Å²) in [6.07, 6.45) is 6.10. The van der Waals surface area contributed by atoms with Crippen LogP contribution in [0.15, 0.2) is 12.1 Å². The van der Waals surface area contributed by atoms with E-state index in [1.807, 2.05) is 17.0 Å². The van der Waals surface area contributed by atoms with Crippen LogP contribution in [-0.2, 0) is 4.74 Å². The van der Waals surface area contributed by atoms with E-state index in [1.54, 1.807) is 4.90 Å². The van der Waals surface area contributed by atoms with Crippen LogP contribution in [0.4, 0.5) is 4.79 Å². The fourth-order valence-corrected chi connectivity index (χ4v) is 5.44. The second kappa shape index (κ2) is 9.56. The van der Waals surface area contributed by atoms with Crippen molar-refractivity contribution in [3.05, 3.63) is 23.4 Å². The van der Waals surface area contributed by atoms with E-state index < -0.39 is 0 Å². The second-order valence-corrected chi connectivity index (χ2v) is 10.1. The van der Waals surface area contributed by atoms with Gasteiger partial charge in [-0.1, -0.05) is 0 Å². The second-order valence-electron chi connectivity index (χ2n) is 9.81. The predicted molar refractivity (Wildman–Crippen MR) is 120 cm³/mol. The lowest BCUT2D eigenvalue weighted by atomic mass is 9.92. The molecular formula is C24H32ClN3O4. The lowest BCUT2D eigenvalue weighted by Crippen LogP contribution is -2.33. The Morgan fingerprint density at radius 3 is 2.31 bits per heavy atom. The van der Waals surface area contributed by atoms with Crippen molar-refractivity contribution in [2.75, 3.05) is 46.0 Å². The molecule has 32 heavy (non-hydrogen) atoms. The highest BCUT2D eigenvalue weighted by atomic mass is 35.5. The summed E-state index contributed by atoms with van der Waals surface area (Å²) in [4.78, 5) is 33.4. The van der Waals surface area contributed by atoms with Crippen molar-refractivity contribution in [2.24, 2.45) is 17.8 Å². The molecule has 0 bridgehead atoms. The summed E-state index contributed by atoms with van der Waals surface area (Å²) in [5.74, 6) is 2.43. The monoisotopic (exact) mass is 461 g/mol. The Hall–Kier alpha value is -1.86. The number of aromatic nitrogens is 1. The van der Waals surface area contributed by atoms with Gasteiger partial charge in [-0.3, -0.25) is 9.59 Å². The molecule has 1 aliphatic carbocycles. The number of ether oxygens (including phenoxy) is 2. The van der Waals surface area contributed by atoms with E-state index in [4.69, 9.17) is 26.1 Å². The third-order valence-corrected chi connectivity index (χ3v) is 7.76. The summed E-state index contributed by atoms with van der Waals surface area (Å²) in [7, 11) is 0. The van der Waals surface area contributed by atoms with Crippen LogP contribution in [0.5, 0.6) is 5.88 Å². The van der Waals surface area contributed by atoms with Gasteiger partial charge in [-0.25, -0.2) is 4.98 Å². The molecule has 1 aromatic heterocycles. The summed E-state index contributed by atoms with van der Waals surface area (Å²) in [6, 6.07) is 3.80. The van der Waals surface area contributed by atoms with Crippen molar-refractivity contribution < 1.29 is 19.1 Å². The molecule has 4 fully saturated rings. The summed E-state index contributed by atoms with van der Waals surface area (Å²) in [5.41, 5.74) is 1.68. The molecule has 3 aliphatic heterocycles. The van der Waals surface area contributed by atoms with Crippen molar-refractivity contribution >= 4 is 22.9 Å². The van der Waals surface area contributed by atoms with E-state index in [-0.39, 0.29) is 11.3 Å². The van der Waals surface area contributed by atoms with Gasteiger partial charge in [-0.15, -0.1) is 0 Å². The number of nitrogens with zero attached hydrogens (tertiary/aromatic N) is 3. The van der Waals surface area contributed by atoms with Gasteiger partial charge in [0.25, 0.3) is 5.91 Å². The molecule has 2 amide bonds. The van der Waals surface area contributed by atoms with Crippen LogP contribution in [0.2, 0.25) is 0 Å². The van der Waals surface area contributed by atoms with Crippen molar-refractivity contribution in [3.63, 3.8) is 0 Å². The van der Waals surface area contributed by atoms with Gasteiger partial charge in [-0.05, 0) is 73.9 Å². The average Bonchev–Trinajstić information content (AvgIpc) is 3.61. The first kappa shape index (κ1) is 22.0. The van der Waals surface area contributed by atoms with Crippen LogP contribution < -0.4 is 4.74 Å². The molecule has 0 aromatic carbocycles. The molecule has 8 heteroatoms. The minimum atomic E-state index is -0.358. The Balaban J connectivity index is 1.25. The molecular weight excluding hydrogens is 430 g/mol. The van der Waals surface area contributed by atoms with Crippen molar-refractivity contribution in [3.8, 4) is 5.88 Å². The van der Waals surface area contributed by atoms with Crippen LogP contribution in [0.3, 0.4) is 0 Å². The summed E-state index contributed by atoms with van der Waals surface area (Å²) < 4.78 is 11.5. The van der Waals surface area contributed by atoms with Gasteiger partial charge >= 0.3 is 5.37 Å². The first-order chi connectivity index (χ1) is 15.6. The smallest absolute Gasteiger partial charge is 0.316 e. The highest BCUT2D eigenvalue weighted by molar-refractivity contribution is 6.62. The highest BCUT2D eigenvalue weighted by Crippen LogP contribution is 2.40. The average molecular weight is 462 g/mol. The molecule has 4 aliphatic rings. The number of carbonyl (C=O) groups excluding carboxylic acids is 2. The van der Waals surface area contributed by atoms with Crippen LogP contribution >= 0.6 is 11.6 Å². The minimum absolute atomic E-state index is 0.0652. The fourth-order valence-electron chi connectivity index (χ4n) is 5.30. The topological polar surface area (TPSA) is 72.0 Å². The molecule has 0 radical (unpaired) electrons. The highest BCUT2D eigenvalue weighted by Gasteiger charge is 2.37. The van der Waals surface area contributed by atoms with Gasteiger partial charge in [0.05, 0.1) is 6.61 Å². The molecule has 0 unspecified atom stereocenters. The Morgan fingerprint density at radius 2 is 1.69 bits per heavy atom. The number of halogens is 1. The van der Waals surface area contributed by atoms with E-state index >= 15 is 0 Å². The maximum Gasteiger partial charge on any atom is 0.316 e. The van der Waals surface area contributed by atoms with Crippen LogP contribution in [0.25, 0.3) is 0 Å². The molecule has 2 atom stereocenters. The molecule has 7 nitrogen and oxygen atoms in total. The van der Waals surface area contributed by atoms with E-state index in [0.29, 0.717) is 67.9 Å². The molecule has 0 spiro atoms. The lowest BCUT2D eigenvalue weighted by Gasteiger charge is -2.23. The summed E-state index contributed by atoms with van der Waals surface area (Å²) in [6.45, 7) is 5.05. The van der Waals surface area contributed by atoms with Crippen molar-refractivity contribution in [1.29, 1.82) is 0 Å². The Morgan fingerprint density at radius 1 is 1.00 bits per heavy atom. The Labute approximate surface area is 194 Å². The lowest BCUT2D eigenvalue weighted by molar-refractivity contribution is 0.0490. The molecule has 3 saturated heterocycles. The quantitative estimate of drug-likeness (QED) is 0.491. The van der Waals surface area contributed by atoms with Crippen LogP contribution in [-0.4, -0.2) is 72.1 Å². The first-order valence-corrected chi connectivity index (χ1v) is 12.4. The van der Waals surface area contributed by atoms with Gasteiger partial charge in [0, 0.05) is 62.6 Å². The molecule has 5 rings (SSSR count). The zero-order valence-corrected chi connectivity index (χ0v) is 19.3. The van der Waals surface area contributed by atoms with Crippen LogP contribution in [0.1, 0.15) is 60.5 Å². The molecule has 4 heterocycles. The third-order valence-electron chi connectivity index (χ3n) is 7.52. The maximum atomic E-state index is 13.4. The minimum Gasteiger partial charge on any atom is -0.477 e. The fraction of sp³-hybridized carbons (Fsp3) is 0.708. The van der Waals surface area contributed by atoms with E-state index in [1.165, 1.54) is 0 Å². The number of hydrogen-bond donors (Lipinski definition) is 0. The van der Waals surface area contributed by atoms with E-state index in [0.717, 1.165) is 57.4 Å². The van der Waals surface area contributed by atoms with Gasteiger partial charge in [0.1, 0.15) is 0 Å². The molecule has 1 aromatic rings. The SMILES string of the molecule is O=C(Cl)N1C[C@H]2CCN(C(=O)c3cc(OCC4CCOCC4)nc(C4CC4)c3)CC[C@H]2C1. The number of likely N-dealkylation sites (tertiary alicyclic amines) is 2. The molecule has 174 valence electrons. The van der Waals surface area contributed by atoms with Crippen LogP contribution in [0, 0.1) is 17.8 Å². The predicted octanol–water partition coefficient (Wildman–Crippen LogP) is 3.91. The van der Waals surface area contributed by atoms with Gasteiger partial charge in [-0.2, -0.15) is 0 Å². The normalized spacial score (nSPS) is 26.5. The summed E-state index contributed by atoms with van der Waals surface area (Å²) in [5, 5.41) is -0.358. The zero-order valence-electron chi connectivity index (χ0n) is 18.5. The maximum absolute atomic E-state index is 13.4. The third kappa shape index (κ3) is 5.04. The number of carbonyl (C=O) groups is 2.